The molecule has 316 valence electrons. The highest BCUT2D eigenvalue weighted by molar-refractivity contribution is 5.99. The molecule has 0 N–H and O–H groups in total. The number of ether oxygens (including phenoxy) is 3. The van der Waals surface area contributed by atoms with Crippen molar-refractivity contribution in [1.29, 1.82) is 0 Å². The number of aliphatic imine (C=N–C) groups is 2. The van der Waals surface area contributed by atoms with Crippen molar-refractivity contribution in [3.63, 3.8) is 0 Å². The Balaban J connectivity index is 1.51. The first-order valence-electron chi connectivity index (χ1n) is 16.0. The molecule has 2 heterocycles. The molecule has 4 aromatic carbocycles. The van der Waals surface area contributed by atoms with E-state index in [9.17, 15) is 79.0 Å². The number of halogens is 18. The Hall–Kier alpha value is -5.64. The lowest BCUT2D eigenvalue weighted by molar-refractivity contribution is -0.371. The van der Waals surface area contributed by atoms with E-state index in [1.807, 2.05) is 0 Å². The summed E-state index contributed by atoms with van der Waals surface area (Å²) in [5.41, 5.74) is -23.3. The molecule has 0 bridgehead atoms. The van der Waals surface area contributed by atoms with Gasteiger partial charge < -0.3 is 14.2 Å². The van der Waals surface area contributed by atoms with Gasteiger partial charge in [-0.2, -0.15) is 79.0 Å². The van der Waals surface area contributed by atoms with Crippen molar-refractivity contribution in [3.05, 3.63) is 106 Å². The smallest absolute Gasteiger partial charge is 0.442 e. The lowest BCUT2D eigenvalue weighted by atomic mass is 9.88. The van der Waals surface area contributed by atoms with Gasteiger partial charge in [-0.3, -0.25) is 0 Å². The van der Waals surface area contributed by atoms with Gasteiger partial charge in [0.2, 0.25) is 5.90 Å². The van der Waals surface area contributed by atoms with E-state index in [-0.39, 0.29) is 23.8 Å². The monoisotopic (exact) mass is 868 g/mol. The van der Waals surface area contributed by atoms with Crippen molar-refractivity contribution < 1.29 is 93.2 Å². The van der Waals surface area contributed by atoms with Gasteiger partial charge in [0, 0.05) is 23.6 Å². The van der Waals surface area contributed by atoms with Crippen LogP contribution in [0.3, 0.4) is 0 Å². The fourth-order valence-corrected chi connectivity index (χ4v) is 6.41. The van der Waals surface area contributed by atoms with Crippen molar-refractivity contribution in [2.75, 3.05) is 0 Å². The molecule has 23 heteroatoms. The van der Waals surface area contributed by atoms with E-state index in [0.29, 0.717) is 55.5 Å². The van der Waals surface area contributed by atoms with Crippen LogP contribution < -0.4 is 4.74 Å². The molecule has 0 fully saturated rings. The van der Waals surface area contributed by atoms with E-state index in [1.54, 1.807) is 0 Å². The number of alkyl halides is 18. The van der Waals surface area contributed by atoms with Gasteiger partial charge in [0.15, 0.2) is 5.90 Å². The average Bonchev–Trinajstić information content (AvgIpc) is 3.08. The van der Waals surface area contributed by atoms with Crippen LogP contribution in [0, 0.1) is 6.92 Å². The van der Waals surface area contributed by atoms with Crippen LogP contribution in [0.2, 0.25) is 0 Å². The molecule has 0 saturated heterocycles. The quantitative estimate of drug-likeness (QED) is 0.192. The van der Waals surface area contributed by atoms with E-state index in [4.69, 9.17) is 4.74 Å². The van der Waals surface area contributed by atoms with Gasteiger partial charge in [0.05, 0.1) is 22.5 Å². The minimum Gasteiger partial charge on any atom is -0.457 e. The third-order valence-corrected chi connectivity index (χ3v) is 8.92. The molecule has 2 aliphatic heterocycles. The largest absolute Gasteiger partial charge is 0.457 e. The first-order chi connectivity index (χ1) is 26.8. The molecule has 6 rings (SSSR count). The van der Waals surface area contributed by atoms with E-state index in [2.05, 4.69) is 19.5 Å². The van der Waals surface area contributed by atoms with Gasteiger partial charge in [0.1, 0.15) is 11.5 Å². The SMILES string of the molecule is CC1=Nc2ccc(Oc3ccc4c(c3)C(C(F)(F)F)(C(F)(F)F)OC(c3ccc(-c5ccc(C)cc5C(F)(F)F)c(C(F)(F)F)c3)=N4)cc2C(C(F)(F)F)(C(F)(F)F)O1. The molecule has 0 aliphatic carbocycles. The maximum atomic E-state index is 14.8. The summed E-state index contributed by atoms with van der Waals surface area (Å²) < 4.78 is 272. The average molecular weight is 869 g/mol. The number of aryl methyl sites for hydroxylation is 1. The molecule has 59 heavy (non-hydrogen) atoms. The molecular weight excluding hydrogens is 850 g/mol. The van der Waals surface area contributed by atoms with Gasteiger partial charge in [-0.25, -0.2) is 9.98 Å². The zero-order valence-electron chi connectivity index (χ0n) is 28.9. The summed E-state index contributed by atoms with van der Waals surface area (Å²) in [5.74, 6) is -4.89. The second-order valence-electron chi connectivity index (χ2n) is 12.9. The van der Waals surface area contributed by atoms with Crippen LogP contribution in [0.25, 0.3) is 11.1 Å². The third-order valence-electron chi connectivity index (χ3n) is 8.92. The molecule has 2 aliphatic rings. The van der Waals surface area contributed by atoms with Gasteiger partial charge in [0.25, 0.3) is 0 Å². The Morgan fingerprint density at radius 1 is 0.475 bits per heavy atom. The standard InChI is InChI=1S/C36H18F18N2O3/c1-15-3-7-20(22(11-15)31(37,38)39)21-8-4-17(12-23(21)32(40,41)42)28-56-27-10-6-19(14-25(27)30(59-28,35(49,50)51)36(52,53)54)57-18-5-9-26-24(13-18)29(33(43,44)45,34(46,47)48)58-16(2)55-26/h3-14H,1-2H3. The van der Waals surface area contributed by atoms with Crippen LogP contribution >= 0.6 is 0 Å². The summed E-state index contributed by atoms with van der Waals surface area (Å²) in [7, 11) is 0. The topological polar surface area (TPSA) is 52.4 Å². The summed E-state index contributed by atoms with van der Waals surface area (Å²) >= 11 is 0. The zero-order chi connectivity index (χ0) is 44.1. The predicted molar refractivity (Wildman–Crippen MR) is 168 cm³/mol. The Kier molecular flexibility index (Phi) is 9.79. The molecule has 0 amide bonds. The fourth-order valence-electron chi connectivity index (χ4n) is 6.41. The van der Waals surface area contributed by atoms with Crippen molar-refractivity contribution in [1.82, 2.24) is 0 Å². The normalized spacial score (nSPS) is 16.9. The predicted octanol–water partition coefficient (Wildman–Crippen LogP) is 13.3. The van der Waals surface area contributed by atoms with Gasteiger partial charge in [-0.05, 0) is 72.6 Å². The molecule has 0 aromatic heterocycles. The van der Waals surface area contributed by atoms with Gasteiger partial charge in [-0.15, -0.1) is 0 Å². The van der Waals surface area contributed by atoms with Crippen molar-refractivity contribution in [3.8, 4) is 22.6 Å². The summed E-state index contributed by atoms with van der Waals surface area (Å²) in [5, 5.41) is 0. The van der Waals surface area contributed by atoms with Gasteiger partial charge in [-0.1, -0.05) is 23.8 Å². The number of hydrogen-bond donors (Lipinski definition) is 0. The molecule has 0 saturated carbocycles. The number of hydrogen-bond acceptors (Lipinski definition) is 5. The van der Waals surface area contributed by atoms with Crippen molar-refractivity contribution in [2.24, 2.45) is 9.98 Å². The Morgan fingerprint density at radius 3 is 1.36 bits per heavy atom. The van der Waals surface area contributed by atoms with Crippen LogP contribution in [0.1, 0.15) is 40.3 Å². The van der Waals surface area contributed by atoms with E-state index < -0.39 is 122 Å². The minimum atomic E-state index is -6.56. The maximum Gasteiger partial charge on any atom is 0.442 e. The van der Waals surface area contributed by atoms with E-state index >= 15 is 0 Å². The molecule has 0 radical (unpaired) electrons. The zero-order valence-corrected chi connectivity index (χ0v) is 28.9. The van der Waals surface area contributed by atoms with Crippen LogP contribution in [0.5, 0.6) is 11.5 Å². The minimum absolute atomic E-state index is 0.0179. The van der Waals surface area contributed by atoms with Crippen LogP contribution in [-0.4, -0.2) is 36.5 Å². The number of nitrogens with zero attached hydrogens (tertiary/aromatic N) is 2. The van der Waals surface area contributed by atoms with E-state index in [0.717, 1.165) is 6.07 Å². The van der Waals surface area contributed by atoms with Crippen LogP contribution in [0.4, 0.5) is 90.4 Å². The highest BCUT2D eigenvalue weighted by atomic mass is 19.4. The molecular formula is C36H18F18N2O3. The summed E-state index contributed by atoms with van der Waals surface area (Å²) in [6.07, 6.45) is -36.4. The molecule has 0 unspecified atom stereocenters. The van der Waals surface area contributed by atoms with Gasteiger partial charge >= 0.3 is 48.3 Å². The van der Waals surface area contributed by atoms with Crippen molar-refractivity contribution >= 4 is 23.2 Å². The molecule has 5 nitrogen and oxygen atoms in total. The second kappa shape index (κ2) is 13.4. The van der Waals surface area contributed by atoms with Crippen LogP contribution in [0.15, 0.2) is 82.8 Å². The molecule has 4 aromatic rings. The first kappa shape index (κ1) is 43.0. The fraction of sp³-hybridized carbons (Fsp3) is 0.278. The Labute approximate surface area is 317 Å². The lowest BCUT2D eigenvalue weighted by Gasteiger charge is -2.40. The van der Waals surface area contributed by atoms with Crippen LogP contribution in [-0.2, 0) is 33.0 Å². The lowest BCUT2D eigenvalue weighted by Crippen LogP contribution is -2.58. The highest BCUT2D eigenvalue weighted by Crippen LogP contribution is 2.60. The Bertz CT molecular complexity index is 2360. The maximum absolute atomic E-state index is 14.8. The number of fused-ring (bicyclic) bond motifs is 2. The second-order valence-corrected chi connectivity index (χ2v) is 12.9. The first-order valence-corrected chi connectivity index (χ1v) is 16.0. The van der Waals surface area contributed by atoms with E-state index in [1.165, 1.54) is 6.92 Å². The van der Waals surface area contributed by atoms with Crippen molar-refractivity contribution in [2.45, 2.75) is 62.1 Å². The highest BCUT2D eigenvalue weighted by Gasteiger charge is 2.77. The summed E-state index contributed by atoms with van der Waals surface area (Å²) in [6, 6.07) is 5.25. The molecule has 0 atom stereocenters. The molecule has 0 spiro atoms. The third kappa shape index (κ3) is 7.14. The number of benzene rings is 4. The number of rotatable bonds is 4. The summed E-state index contributed by atoms with van der Waals surface area (Å²) in [6.45, 7) is 1.88. The Morgan fingerprint density at radius 2 is 0.898 bits per heavy atom. The summed E-state index contributed by atoms with van der Waals surface area (Å²) in [4.78, 5) is 7.01.